The van der Waals surface area contributed by atoms with E-state index in [2.05, 4.69) is 11.5 Å². The number of rotatable bonds is 6. The van der Waals surface area contributed by atoms with E-state index in [9.17, 15) is 5.11 Å². The van der Waals surface area contributed by atoms with Gasteiger partial charge < -0.3 is 14.7 Å². The molecule has 0 saturated carbocycles. The molecule has 0 amide bonds. The monoisotopic (exact) mass is 289 g/mol. The quantitative estimate of drug-likeness (QED) is 0.813. The van der Waals surface area contributed by atoms with Crippen LogP contribution in [0.15, 0.2) is 36.4 Å². The highest BCUT2D eigenvalue weighted by Gasteiger charge is 2.15. The summed E-state index contributed by atoms with van der Waals surface area (Å²) < 4.78 is 5.58. The van der Waals surface area contributed by atoms with Crippen molar-refractivity contribution >= 4 is 0 Å². The van der Waals surface area contributed by atoms with Crippen LogP contribution in [0.4, 0.5) is 0 Å². The first-order valence-electron chi connectivity index (χ1n) is 7.93. The van der Waals surface area contributed by atoms with Gasteiger partial charge in [-0.05, 0) is 56.1 Å². The molecule has 1 aliphatic heterocycles. The largest absolute Gasteiger partial charge is 0.489 e. The smallest absolute Gasteiger partial charge is 0.119 e. The molecule has 0 spiro atoms. The zero-order valence-electron chi connectivity index (χ0n) is 13.1. The molecule has 0 aromatic heterocycles. The Morgan fingerprint density at radius 3 is 2.38 bits per heavy atom. The number of aliphatic hydroxyl groups is 1. The average Bonchev–Trinajstić information content (AvgIpc) is 2.74. The Labute approximate surface area is 128 Å². The Kier molecular flexibility index (Phi) is 6.27. The van der Waals surface area contributed by atoms with Crippen molar-refractivity contribution in [3.63, 3.8) is 0 Å². The van der Waals surface area contributed by atoms with Crippen LogP contribution in [-0.2, 0) is 0 Å². The van der Waals surface area contributed by atoms with E-state index in [1.807, 2.05) is 31.2 Å². The topological polar surface area (TPSA) is 32.7 Å². The van der Waals surface area contributed by atoms with Crippen LogP contribution in [0, 0.1) is 0 Å². The minimum atomic E-state index is -0.418. The van der Waals surface area contributed by atoms with E-state index >= 15 is 0 Å². The van der Waals surface area contributed by atoms with E-state index in [1.165, 1.54) is 25.7 Å². The van der Waals surface area contributed by atoms with Crippen molar-refractivity contribution in [2.24, 2.45) is 0 Å². The molecule has 1 aliphatic rings. The first-order chi connectivity index (χ1) is 10.1. The SMILES string of the molecule is C=C(C)COc1ccc(C(O)CN2CCCCCC2)cc1. The van der Waals surface area contributed by atoms with Crippen molar-refractivity contribution < 1.29 is 9.84 Å². The molecule has 2 rings (SSSR count). The molecule has 1 N–H and O–H groups in total. The predicted molar refractivity (Wildman–Crippen MR) is 86.6 cm³/mol. The first-order valence-corrected chi connectivity index (χ1v) is 7.93. The van der Waals surface area contributed by atoms with Gasteiger partial charge in [-0.3, -0.25) is 0 Å². The van der Waals surface area contributed by atoms with Crippen LogP contribution in [0.1, 0.15) is 44.3 Å². The van der Waals surface area contributed by atoms with Crippen LogP contribution in [0.25, 0.3) is 0 Å². The number of ether oxygens (including phenoxy) is 1. The number of hydrogen-bond acceptors (Lipinski definition) is 3. The van der Waals surface area contributed by atoms with Crippen molar-refractivity contribution in [2.45, 2.75) is 38.7 Å². The zero-order valence-corrected chi connectivity index (χ0v) is 13.1. The lowest BCUT2D eigenvalue weighted by Gasteiger charge is -2.23. The highest BCUT2D eigenvalue weighted by molar-refractivity contribution is 5.29. The maximum absolute atomic E-state index is 10.4. The lowest BCUT2D eigenvalue weighted by atomic mass is 10.1. The fraction of sp³-hybridized carbons (Fsp3) is 0.556. The van der Waals surface area contributed by atoms with Crippen LogP contribution >= 0.6 is 0 Å². The van der Waals surface area contributed by atoms with Gasteiger partial charge >= 0.3 is 0 Å². The molecular weight excluding hydrogens is 262 g/mol. The van der Waals surface area contributed by atoms with Gasteiger partial charge in [-0.1, -0.05) is 31.6 Å². The number of β-amino-alcohol motifs (C(OH)–C–C–N with tert-alkyl or cyclic N) is 1. The van der Waals surface area contributed by atoms with Gasteiger partial charge in [0.1, 0.15) is 12.4 Å². The van der Waals surface area contributed by atoms with E-state index in [0.717, 1.165) is 36.5 Å². The third-order valence-corrected chi connectivity index (χ3v) is 3.88. The van der Waals surface area contributed by atoms with Gasteiger partial charge in [0.15, 0.2) is 0 Å². The minimum Gasteiger partial charge on any atom is -0.489 e. The molecule has 1 unspecified atom stereocenters. The van der Waals surface area contributed by atoms with Crippen LogP contribution < -0.4 is 4.74 Å². The van der Waals surface area contributed by atoms with Gasteiger partial charge in [0.25, 0.3) is 0 Å². The van der Waals surface area contributed by atoms with Gasteiger partial charge in [-0.25, -0.2) is 0 Å². The Bertz CT molecular complexity index is 433. The number of aliphatic hydroxyl groups excluding tert-OH is 1. The molecule has 116 valence electrons. The van der Waals surface area contributed by atoms with Crippen LogP contribution in [0.5, 0.6) is 5.75 Å². The van der Waals surface area contributed by atoms with Gasteiger partial charge in [0.2, 0.25) is 0 Å². The summed E-state index contributed by atoms with van der Waals surface area (Å²) >= 11 is 0. The normalized spacial score (nSPS) is 18.0. The summed E-state index contributed by atoms with van der Waals surface area (Å²) in [4.78, 5) is 2.38. The van der Waals surface area contributed by atoms with E-state index < -0.39 is 6.10 Å². The average molecular weight is 289 g/mol. The van der Waals surface area contributed by atoms with Gasteiger partial charge in [-0.15, -0.1) is 0 Å². The molecule has 0 aliphatic carbocycles. The molecule has 3 heteroatoms. The van der Waals surface area contributed by atoms with Crippen LogP contribution in [0.3, 0.4) is 0 Å². The maximum atomic E-state index is 10.4. The summed E-state index contributed by atoms with van der Waals surface area (Å²) in [6.07, 6.45) is 4.72. The maximum Gasteiger partial charge on any atom is 0.119 e. The second-order valence-corrected chi connectivity index (χ2v) is 6.05. The lowest BCUT2D eigenvalue weighted by Crippen LogP contribution is -2.29. The molecule has 1 atom stereocenters. The fourth-order valence-corrected chi connectivity index (χ4v) is 2.66. The minimum absolute atomic E-state index is 0.418. The molecule has 0 radical (unpaired) electrons. The molecule has 21 heavy (non-hydrogen) atoms. The van der Waals surface area contributed by atoms with Crippen LogP contribution in [-0.4, -0.2) is 36.2 Å². The molecule has 0 bridgehead atoms. The molecule has 1 saturated heterocycles. The Hall–Kier alpha value is -1.32. The second kappa shape index (κ2) is 8.20. The zero-order chi connectivity index (χ0) is 15.1. The molecular formula is C18H27NO2. The van der Waals surface area contributed by atoms with Crippen molar-refractivity contribution in [1.29, 1.82) is 0 Å². The second-order valence-electron chi connectivity index (χ2n) is 6.05. The van der Waals surface area contributed by atoms with Crippen molar-refractivity contribution in [2.75, 3.05) is 26.2 Å². The molecule has 3 nitrogen and oxygen atoms in total. The van der Waals surface area contributed by atoms with Crippen molar-refractivity contribution in [1.82, 2.24) is 4.90 Å². The van der Waals surface area contributed by atoms with Crippen molar-refractivity contribution in [3.05, 3.63) is 42.0 Å². The standard InChI is InChI=1S/C18H27NO2/c1-15(2)14-21-17-9-7-16(8-10-17)18(20)13-19-11-5-3-4-6-12-19/h7-10,18,20H,1,3-6,11-14H2,2H3. The van der Waals surface area contributed by atoms with Gasteiger partial charge in [0.05, 0.1) is 6.10 Å². The predicted octanol–water partition coefficient (Wildman–Crippen LogP) is 3.55. The summed E-state index contributed by atoms with van der Waals surface area (Å²) in [5.41, 5.74) is 1.96. The fourth-order valence-electron chi connectivity index (χ4n) is 2.66. The van der Waals surface area contributed by atoms with E-state index in [0.29, 0.717) is 6.61 Å². The number of likely N-dealkylation sites (tertiary alicyclic amines) is 1. The molecule has 1 aromatic rings. The summed E-state index contributed by atoms with van der Waals surface area (Å²) in [6, 6.07) is 7.75. The van der Waals surface area contributed by atoms with E-state index in [4.69, 9.17) is 4.74 Å². The highest BCUT2D eigenvalue weighted by atomic mass is 16.5. The number of hydrogen-bond donors (Lipinski definition) is 1. The van der Waals surface area contributed by atoms with E-state index in [1.54, 1.807) is 0 Å². The van der Waals surface area contributed by atoms with Crippen molar-refractivity contribution in [3.8, 4) is 5.75 Å². The summed E-state index contributed by atoms with van der Waals surface area (Å²) in [5.74, 6) is 0.823. The summed E-state index contributed by atoms with van der Waals surface area (Å²) in [7, 11) is 0. The highest BCUT2D eigenvalue weighted by Crippen LogP contribution is 2.20. The Morgan fingerprint density at radius 2 is 1.81 bits per heavy atom. The lowest BCUT2D eigenvalue weighted by molar-refractivity contribution is 0.115. The number of benzene rings is 1. The Balaban J connectivity index is 1.86. The van der Waals surface area contributed by atoms with Gasteiger partial charge in [0, 0.05) is 6.54 Å². The van der Waals surface area contributed by atoms with Gasteiger partial charge in [-0.2, -0.15) is 0 Å². The summed E-state index contributed by atoms with van der Waals surface area (Å²) in [5, 5.41) is 10.4. The molecule has 1 fully saturated rings. The Morgan fingerprint density at radius 1 is 1.19 bits per heavy atom. The number of nitrogens with zero attached hydrogens (tertiary/aromatic N) is 1. The molecule has 1 heterocycles. The van der Waals surface area contributed by atoms with Crippen LogP contribution in [0.2, 0.25) is 0 Å². The summed E-state index contributed by atoms with van der Waals surface area (Å²) in [6.45, 7) is 9.24. The first kappa shape index (κ1) is 16.1. The third kappa shape index (κ3) is 5.52. The molecule has 1 aromatic carbocycles. The third-order valence-electron chi connectivity index (χ3n) is 3.88. The van der Waals surface area contributed by atoms with E-state index in [-0.39, 0.29) is 0 Å².